The summed E-state index contributed by atoms with van der Waals surface area (Å²) in [6, 6.07) is 10.8. The van der Waals surface area contributed by atoms with Gasteiger partial charge in [-0.2, -0.15) is 0 Å². The minimum absolute atomic E-state index is 0.616. The van der Waals surface area contributed by atoms with E-state index in [1.807, 2.05) is 11.3 Å². The molecule has 1 aliphatic rings. The molecule has 2 nitrogen and oxygen atoms in total. The van der Waals surface area contributed by atoms with Gasteiger partial charge in [-0.15, -0.1) is 11.3 Å². The summed E-state index contributed by atoms with van der Waals surface area (Å²) in [6.45, 7) is 2.20. The quantitative estimate of drug-likeness (QED) is 0.902. The van der Waals surface area contributed by atoms with E-state index in [2.05, 4.69) is 30.3 Å². The van der Waals surface area contributed by atoms with Crippen molar-refractivity contribution in [1.29, 1.82) is 0 Å². The van der Waals surface area contributed by atoms with Crippen LogP contribution >= 0.6 is 11.3 Å². The fraction of sp³-hybridized carbons (Fsp3) is 0.286. The van der Waals surface area contributed by atoms with E-state index < -0.39 is 0 Å². The molecule has 0 spiro atoms. The maximum Gasteiger partial charge on any atom is 0.0817 e. The average molecular weight is 245 g/mol. The number of hydrogen-bond acceptors (Lipinski definition) is 3. The van der Waals surface area contributed by atoms with Crippen molar-refractivity contribution in [2.75, 3.05) is 0 Å². The molecule has 88 valence electrons. The third-order valence-corrected chi connectivity index (χ3v) is 4.23. The molecule has 0 fully saturated rings. The van der Waals surface area contributed by atoms with Crippen molar-refractivity contribution in [2.24, 2.45) is 5.73 Å². The number of rotatable bonds is 3. The number of nitrogens with two attached hydrogens (primary N) is 1. The summed E-state index contributed by atoms with van der Waals surface area (Å²) in [4.78, 5) is 2.83. The van der Waals surface area contributed by atoms with E-state index >= 15 is 0 Å². The molecule has 0 amide bonds. The second-order valence-corrected chi connectivity index (χ2v) is 5.57. The second kappa shape index (κ2) is 4.61. The number of thiophene rings is 1. The van der Waals surface area contributed by atoms with Gasteiger partial charge in [-0.25, -0.2) is 0 Å². The van der Waals surface area contributed by atoms with Gasteiger partial charge in [0.1, 0.15) is 0 Å². The van der Waals surface area contributed by atoms with Gasteiger partial charge in [0, 0.05) is 22.7 Å². The molecular formula is C14H15NOS. The van der Waals surface area contributed by atoms with Crippen molar-refractivity contribution >= 4 is 11.3 Å². The Hall–Kier alpha value is -1.16. The van der Waals surface area contributed by atoms with Crippen molar-refractivity contribution in [3.05, 3.63) is 56.8 Å². The molecule has 3 rings (SSSR count). The molecule has 3 heteroatoms. The van der Waals surface area contributed by atoms with Crippen LogP contribution in [0.25, 0.3) is 0 Å². The molecule has 0 aliphatic carbocycles. The van der Waals surface area contributed by atoms with Gasteiger partial charge in [-0.1, -0.05) is 24.3 Å². The van der Waals surface area contributed by atoms with Crippen LogP contribution in [-0.4, -0.2) is 0 Å². The Kier molecular flexibility index (Phi) is 2.97. The highest BCUT2D eigenvalue weighted by molar-refractivity contribution is 7.12. The molecule has 0 bridgehead atoms. The molecule has 17 heavy (non-hydrogen) atoms. The van der Waals surface area contributed by atoms with Gasteiger partial charge in [-0.3, -0.25) is 0 Å². The first kappa shape index (κ1) is 11.0. The van der Waals surface area contributed by atoms with Gasteiger partial charge in [0.05, 0.1) is 13.2 Å². The predicted molar refractivity (Wildman–Crippen MR) is 70.0 cm³/mol. The van der Waals surface area contributed by atoms with Crippen LogP contribution in [0.1, 0.15) is 26.4 Å². The number of benzene rings is 1. The van der Waals surface area contributed by atoms with Crippen LogP contribution in [0.5, 0.6) is 0 Å². The van der Waals surface area contributed by atoms with E-state index in [9.17, 15) is 0 Å². The molecule has 1 aliphatic heterocycles. The number of hydrogen-bond donors (Lipinski definition) is 1. The topological polar surface area (TPSA) is 35.2 Å². The summed E-state index contributed by atoms with van der Waals surface area (Å²) in [5.74, 6) is 0. The Bertz CT molecular complexity index is 494. The van der Waals surface area contributed by atoms with E-state index in [1.54, 1.807) is 0 Å². The molecule has 2 aromatic rings. The first-order chi connectivity index (χ1) is 8.35. The third-order valence-electron chi connectivity index (χ3n) is 3.08. The summed E-state index contributed by atoms with van der Waals surface area (Å²) in [6.07, 6.45) is 1.02. The minimum atomic E-state index is 0.616. The molecule has 1 aromatic carbocycles. The van der Waals surface area contributed by atoms with Crippen LogP contribution in [0.4, 0.5) is 0 Å². The highest BCUT2D eigenvalue weighted by Crippen LogP contribution is 2.30. The first-order valence-electron chi connectivity index (χ1n) is 5.81. The van der Waals surface area contributed by atoms with Crippen molar-refractivity contribution in [3.63, 3.8) is 0 Å². The molecule has 0 saturated carbocycles. The fourth-order valence-corrected chi connectivity index (χ4v) is 3.26. The van der Waals surface area contributed by atoms with E-state index in [4.69, 9.17) is 10.5 Å². The van der Waals surface area contributed by atoms with Crippen LogP contribution in [0.2, 0.25) is 0 Å². The smallest absolute Gasteiger partial charge is 0.0817 e. The third kappa shape index (κ3) is 2.27. The SMILES string of the molecule is NCc1ccc(Cc2cc3c(s2)COC3)cc1. The zero-order chi connectivity index (χ0) is 11.7. The molecule has 0 atom stereocenters. The zero-order valence-electron chi connectivity index (χ0n) is 9.61. The maximum atomic E-state index is 5.59. The summed E-state index contributed by atoms with van der Waals surface area (Å²) >= 11 is 1.88. The van der Waals surface area contributed by atoms with Gasteiger partial charge >= 0.3 is 0 Å². The van der Waals surface area contributed by atoms with Crippen molar-refractivity contribution < 1.29 is 4.74 Å². The zero-order valence-corrected chi connectivity index (χ0v) is 10.4. The molecule has 2 N–H and O–H groups in total. The van der Waals surface area contributed by atoms with Crippen molar-refractivity contribution in [2.45, 2.75) is 26.2 Å². The minimum Gasteiger partial charge on any atom is -0.371 e. The van der Waals surface area contributed by atoms with Crippen LogP contribution in [-0.2, 0) is 30.9 Å². The number of ether oxygens (including phenoxy) is 1. The lowest BCUT2D eigenvalue weighted by atomic mass is 10.1. The Balaban J connectivity index is 1.76. The largest absolute Gasteiger partial charge is 0.371 e. The van der Waals surface area contributed by atoms with Crippen molar-refractivity contribution in [3.8, 4) is 0 Å². The Morgan fingerprint density at radius 1 is 1.12 bits per heavy atom. The first-order valence-corrected chi connectivity index (χ1v) is 6.63. The Labute approximate surface area is 105 Å². The highest BCUT2D eigenvalue weighted by atomic mass is 32.1. The molecule has 1 aromatic heterocycles. The van der Waals surface area contributed by atoms with Gasteiger partial charge in [0.2, 0.25) is 0 Å². The van der Waals surface area contributed by atoms with Gasteiger partial charge in [0.25, 0.3) is 0 Å². The lowest BCUT2D eigenvalue weighted by Gasteiger charge is -2.01. The van der Waals surface area contributed by atoms with E-state index in [1.165, 1.54) is 26.4 Å². The fourth-order valence-electron chi connectivity index (χ4n) is 2.11. The molecule has 0 saturated heterocycles. The van der Waals surface area contributed by atoms with Gasteiger partial charge in [0.15, 0.2) is 0 Å². The lowest BCUT2D eigenvalue weighted by Crippen LogP contribution is -1.96. The van der Waals surface area contributed by atoms with Crippen LogP contribution in [0.3, 0.4) is 0 Å². The molecule has 2 heterocycles. The summed E-state index contributed by atoms with van der Waals surface area (Å²) in [5.41, 5.74) is 9.51. The molecule has 0 unspecified atom stereocenters. The van der Waals surface area contributed by atoms with Gasteiger partial charge < -0.3 is 10.5 Å². The standard InChI is InChI=1S/C14H15NOS/c15-7-11-3-1-10(2-4-11)5-13-6-12-8-16-9-14(12)17-13/h1-4,6H,5,7-9,15H2. The lowest BCUT2D eigenvalue weighted by molar-refractivity contribution is 0.135. The van der Waals surface area contributed by atoms with E-state index in [0.717, 1.165) is 19.6 Å². The highest BCUT2D eigenvalue weighted by Gasteiger charge is 2.15. The normalized spacial score (nSPS) is 13.9. The van der Waals surface area contributed by atoms with Gasteiger partial charge in [-0.05, 0) is 22.8 Å². The summed E-state index contributed by atoms with van der Waals surface area (Å²) in [7, 11) is 0. The Morgan fingerprint density at radius 3 is 2.59 bits per heavy atom. The predicted octanol–water partition coefficient (Wildman–Crippen LogP) is 2.83. The Morgan fingerprint density at radius 2 is 1.88 bits per heavy atom. The van der Waals surface area contributed by atoms with Crippen LogP contribution in [0, 0.1) is 0 Å². The van der Waals surface area contributed by atoms with Crippen LogP contribution < -0.4 is 5.73 Å². The average Bonchev–Trinajstić information content (AvgIpc) is 2.90. The summed E-state index contributed by atoms with van der Waals surface area (Å²) < 4.78 is 5.39. The molecule has 0 radical (unpaired) electrons. The summed E-state index contributed by atoms with van der Waals surface area (Å²) in [5, 5.41) is 0. The monoisotopic (exact) mass is 245 g/mol. The van der Waals surface area contributed by atoms with Crippen LogP contribution in [0.15, 0.2) is 30.3 Å². The van der Waals surface area contributed by atoms with E-state index in [-0.39, 0.29) is 0 Å². The molecular weight excluding hydrogens is 230 g/mol. The van der Waals surface area contributed by atoms with Crippen molar-refractivity contribution in [1.82, 2.24) is 0 Å². The second-order valence-electron chi connectivity index (χ2n) is 4.35. The van der Waals surface area contributed by atoms with E-state index in [0.29, 0.717) is 6.54 Å². The number of fused-ring (bicyclic) bond motifs is 1. The maximum absolute atomic E-state index is 5.59.